The van der Waals surface area contributed by atoms with Crippen LogP contribution in [0, 0.1) is 0 Å². The lowest BCUT2D eigenvalue weighted by atomic mass is 10.2. The first-order chi connectivity index (χ1) is 12.7. The number of anilines is 1. The van der Waals surface area contributed by atoms with Crippen LogP contribution in [0.15, 0.2) is 42.5 Å². The summed E-state index contributed by atoms with van der Waals surface area (Å²) < 4.78 is 22.2. The fraction of sp³-hybridized carbons (Fsp3) is 0.316. The van der Waals surface area contributed by atoms with Crippen molar-refractivity contribution in [3.05, 3.63) is 42.5 Å². The summed E-state index contributed by atoms with van der Waals surface area (Å²) in [5.41, 5.74) is 0.838. The van der Waals surface area contributed by atoms with Gasteiger partial charge in [0.15, 0.2) is 28.1 Å². The maximum absolute atomic E-state index is 5.80. The predicted molar refractivity (Wildman–Crippen MR) is 105 cm³/mol. The molecule has 26 heavy (non-hydrogen) atoms. The Labute approximate surface area is 158 Å². The number of ether oxygens (including phenoxy) is 4. The average molecular weight is 374 g/mol. The van der Waals surface area contributed by atoms with Crippen LogP contribution in [0.25, 0.3) is 0 Å². The van der Waals surface area contributed by atoms with Crippen LogP contribution in [0.4, 0.5) is 5.69 Å². The number of benzene rings is 2. The van der Waals surface area contributed by atoms with Crippen molar-refractivity contribution < 1.29 is 18.9 Å². The van der Waals surface area contributed by atoms with Crippen LogP contribution in [-0.2, 0) is 0 Å². The lowest BCUT2D eigenvalue weighted by Gasteiger charge is -2.21. The van der Waals surface area contributed by atoms with E-state index in [1.807, 2.05) is 49.4 Å². The molecule has 0 bridgehead atoms. The molecule has 0 saturated carbocycles. The predicted octanol–water partition coefficient (Wildman–Crippen LogP) is 3.22. The Kier molecular flexibility index (Phi) is 6.01. The average Bonchev–Trinajstić information content (AvgIpc) is 2.66. The van der Waals surface area contributed by atoms with Gasteiger partial charge >= 0.3 is 0 Å². The van der Waals surface area contributed by atoms with Gasteiger partial charge in [-0.25, -0.2) is 0 Å². The van der Waals surface area contributed by atoms with Crippen molar-refractivity contribution in [2.75, 3.05) is 32.2 Å². The highest BCUT2D eigenvalue weighted by Gasteiger charge is 2.13. The van der Waals surface area contributed by atoms with Crippen LogP contribution in [0.1, 0.15) is 6.92 Å². The molecule has 0 radical (unpaired) electrons. The Morgan fingerprint density at radius 1 is 1.12 bits per heavy atom. The highest BCUT2D eigenvalue weighted by atomic mass is 32.1. The maximum atomic E-state index is 5.80. The zero-order chi connectivity index (χ0) is 18.4. The minimum Gasteiger partial charge on any atom is -0.493 e. The van der Waals surface area contributed by atoms with Gasteiger partial charge in [0.2, 0.25) is 0 Å². The number of nitrogens with one attached hydrogen (secondary N) is 2. The van der Waals surface area contributed by atoms with Crippen molar-refractivity contribution >= 4 is 23.0 Å². The van der Waals surface area contributed by atoms with Crippen molar-refractivity contribution in [2.45, 2.75) is 13.0 Å². The summed E-state index contributed by atoms with van der Waals surface area (Å²) >= 11 is 5.37. The van der Waals surface area contributed by atoms with E-state index in [0.29, 0.717) is 36.4 Å². The highest BCUT2D eigenvalue weighted by Crippen LogP contribution is 2.32. The van der Waals surface area contributed by atoms with Crippen molar-refractivity contribution in [1.82, 2.24) is 5.32 Å². The normalized spacial score (nSPS) is 13.5. The van der Waals surface area contributed by atoms with Crippen molar-refractivity contribution in [3.63, 3.8) is 0 Å². The molecule has 0 aromatic heterocycles. The van der Waals surface area contributed by atoms with Gasteiger partial charge in [0, 0.05) is 11.8 Å². The van der Waals surface area contributed by atoms with E-state index in [1.165, 1.54) is 0 Å². The standard InChI is InChI=1S/C19H22N2O4S/c1-13(12-25-16-6-4-3-5-15(16)22-2)20-19(26)21-14-7-8-17-18(11-14)24-10-9-23-17/h3-8,11,13H,9-10,12H2,1-2H3,(H2,20,21,26)/t13-/m0/s1. The van der Waals surface area contributed by atoms with Gasteiger partial charge < -0.3 is 29.6 Å². The third kappa shape index (κ3) is 4.70. The van der Waals surface area contributed by atoms with Crippen LogP contribution < -0.4 is 29.6 Å². The van der Waals surface area contributed by atoms with Gasteiger partial charge in [0.25, 0.3) is 0 Å². The molecule has 0 fully saturated rings. The lowest BCUT2D eigenvalue weighted by Crippen LogP contribution is -2.39. The number of hydrogen-bond acceptors (Lipinski definition) is 5. The molecule has 2 aromatic rings. The maximum Gasteiger partial charge on any atom is 0.171 e. The van der Waals surface area contributed by atoms with Crippen LogP contribution in [0.3, 0.4) is 0 Å². The second-order valence-corrected chi connectivity index (χ2v) is 6.23. The van der Waals surface area contributed by atoms with Crippen LogP contribution in [0.2, 0.25) is 0 Å². The van der Waals surface area contributed by atoms with Crippen molar-refractivity contribution in [3.8, 4) is 23.0 Å². The quantitative estimate of drug-likeness (QED) is 0.753. The van der Waals surface area contributed by atoms with Gasteiger partial charge in [-0.3, -0.25) is 0 Å². The van der Waals surface area contributed by atoms with Crippen molar-refractivity contribution in [2.24, 2.45) is 0 Å². The molecule has 2 N–H and O–H groups in total. The van der Waals surface area contributed by atoms with E-state index < -0.39 is 0 Å². The molecule has 1 aliphatic heterocycles. The highest BCUT2D eigenvalue weighted by molar-refractivity contribution is 7.80. The summed E-state index contributed by atoms with van der Waals surface area (Å²) in [4.78, 5) is 0. The van der Waals surface area contributed by atoms with E-state index >= 15 is 0 Å². The topological polar surface area (TPSA) is 61.0 Å². The molecule has 2 aromatic carbocycles. The van der Waals surface area contributed by atoms with E-state index in [4.69, 9.17) is 31.2 Å². The van der Waals surface area contributed by atoms with Crippen LogP contribution in [-0.4, -0.2) is 38.1 Å². The molecule has 1 aliphatic rings. The second kappa shape index (κ2) is 8.62. The summed E-state index contributed by atoms with van der Waals surface area (Å²) in [6, 6.07) is 13.2. The molecule has 0 spiro atoms. The third-order valence-corrected chi connectivity index (χ3v) is 3.96. The summed E-state index contributed by atoms with van der Waals surface area (Å²) in [6.07, 6.45) is 0. The summed E-state index contributed by atoms with van der Waals surface area (Å²) in [5.74, 6) is 2.88. The number of rotatable bonds is 6. The number of fused-ring (bicyclic) bond motifs is 1. The molecule has 0 saturated heterocycles. The van der Waals surface area contributed by atoms with E-state index in [1.54, 1.807) is 7.11 Å². The number of hydrogen-bond donors (Lipinski definition) is 2. The van der Waals surface area contributed by atoms with E-state index in [9.17, 15) is 0 Å². The molecule has 0 aliphatic carbocycles. The Hall–Kier alpha value is -2.67. The van der Waals surface area contributed by atoms with Gasteiger partial charge in [-0.2, -0.15) is 0 Å². The zero-order valence-corrected chi connectivity index (χ0v) is 15.6. The summed E-state index contributed by atoms with van der Waals surface area (Å²) in [5, 5.41) is 6.86. The minimum absolute atomic E-state index is 0.0112. The van der Waals surface area contributed by atoms with Gasteiger partial charge in [-0.05, 0) is 43.4 Å². The molecule has 1 atom stereocenters. The summed E-state index contributed by atoms with van der Waals surface area (Å²) in [7, 11) is 1.62. The Morgan fingerprint density at radius 2 is 1.85 bits per heavy atom. The number of thiocarbonyl (C=S) groups is 1. The van der Waals surface area contributed by atoms with Gasteiger partial charge in [-0.1, -0.05) is 12.1 Å². The molecular formula is C19H22N2O4S. The first-order valence-corrected chi connectivity index (χ1v) is 8.79. The van der Waals surface area contributed by atoms with E-state index in [2.05, 4.69) is 10.6 Å². The zero-order valence-electron chi connectivity index (χ0n) is 14.8. The van der Waals surface area contributed by atoms with E-state index in [-0.39, 0.29) is 6.04 Å². The fourth-order valence-corrected chi connectivity index (χ4v) is 2.83. The molecule has 0 unspecified atom stereocenters. The first-order valence-electron chi connectivity index (χ1n) is 8.38. The smallest absolute Gasteiger partial charge is 0.171 e. The second-order valence-electron chi connectivity index (χ2n) is 5.82. The fourth-order valence-electron chi connectivity index (χ4n) is 2.51. The molecule has 1 heterocycles. The monoisotopic (exact) mass is 374 g/mol. The van der Waals surface area contributed by atoms with Gasteiger partial charge in [0.1, 0.15) is 19.8 Å². The lowest BCUT2D eigenvalue weighted by molar-refractivity contribution is 0.171. The molecule has 7 heteroatoms. The SMILES string of the molecule is COc1ccccc1OC[C@H](C)NC(=S)Nc1ccc2c(c1)OCCO2. The largest absolute Gasteiger partial charge is 0.493 e. The van der Waals surface area contributed by atoms with Gasteiger partial charge in [0.05, 0.1) is 13.2 Å². The molecule has 3 rings (SSSR count). The molecular weight excluding hydrogens is 352 g/mol. The number of para-hydroxylation sites is 2. The first kappa shape index (κ1) is 18.1. The summed E-state index contributed by atoms with van der Waals surface area (Å²) in [6.45, 7) is 3.57. The van der Waals surface area contributed by atoms with Gasteiger partial charge in [-0.15, -0.1) is 0 Å². The van der Waals surface area contributed by atoms with Crippen LogP contribution in [0.5, 0.6) is 23.0 Å². The Morgan fingerprint density at radius 3 is 2.62 bits per heavy atom. The van der Waals surface area contributed by atoms with Crippen LogP contribution >= 0.6 is 12.2 Å². The van der Waals surface area contributed by atoms with E-state index in [0.717, 1.165) is 17.2 Å². The minimum atomic E-state index is 0.0112. The third-order valence-electron chi connectivity index (χ3n) is 3.74. The Bertz CT molecular complexity index is 769. The Balaban J connectivity index is 1.50. The molecule has 138 valence electrons. The molecule has 0 amide bonds. The van der Waals surface area contributed by atoms with Crippen molar-refractivity contribution in [1.29, 1.82) is 0 Å². The molecule has 6 nitrogen and oxygen atoms in total. The number of methoxy groups -OCH3 is 1.